The van der Waals surface area contributed by atoms with E-state index in [1.54, 1.807) is 7.11 Å². The fourth-order valence-corrected chi connectivity index (χ4v) is 7.06. The molecule has 5 fully saturated rings. The van der Waals surface area contributed by atoms with Crippen molar-refractivity contribution in [3.63, 3.8) is 0 Å². The van der Waals surface area contributed by atoms with Gasteiger partial charge >= 0.3 is 0 Å². The summed E-state index contributed by atoms with van der Waals surface area (Å²) in [4.78, 5) is 31.2. The Bertz CT molecular complexity index is 792. The molecule has 6 rings (SSSR count). The highest BCUT2D eigenvalue weighted by Crippen LogP contribution is 2.60. The zero-order valence-corrected chi connectivity index (χ0v) is 19.1. The van der Waals surface area contributed by atoms with E-state index in [4.69, 9.17) is 4.74 Å². The van der Waals surface area contributed by atoms with E-state index in [9.17, 15) is 9.59 Å². The molecule has 4 bridgehead atoms. The number of aromatic nitrogens is 1. The van der Waals surface area contributed by atoms with Crippen molar-refractivity contribution in [2.75, 3.05) is 26.8 Å². The van der Waals surface area contributed by atoms with Gasteiger partial charge in [-0.3, -0.25) is 9.59 Å². The first-order valence-electron chi connectivity index (χ1n) is 12.2. The van der Waals surface area contributed by atoms with Gasteiger partial charge in [0.1, 0.15) is 0 Å². The van der Waals surface area contributed by atoms with Gasteiger partial charge < -0.3 is 19.1 Å². The zero-order chi connectivity index (χ0) is 21.6. The van der Waals surface area contributed by atoms with Crippen LogP contribution in [0.2, 0.25) is 0 Å². The minimum Gasteiger partial charge on any atom is -0.383 e. The molecule has 5 saturated carbocycles. The molecule has 0 atom stereocenters. The van der Waals surface area contributed by atoms with Crippen molar-refractivity contribution in [3.8, 4) is 0 Å². The van der Waals surface area contributed by atoms with Crippen molar-refractivity contribution in [1.29, 1.82) is 0 Å². The average Bonchev–Trinajstić information content (AvgIpc) is 3.49. The molecule has 1 heterocycles. The largest absolute Gasteiger partial charge is 0.383 e. The zero-order valence-electron chi connectivity index (χ0n) is 19.1. The Balaban J connectivity index is 1.32. The van der Waals surface area contributed by atoms with Gasteiger partial charge in [-0.25, -0.2) is 0 Å². The smallest absolute Gasteiger partial charge is 0.242 e. The molecule has 0 N–H and O–H groups in total. The summed E-state index contributed by atoms with van der Waals surface area (Å²) >= 11 is 0. The van der Waals surface area contributed by atoms with Crippen LogP contribution < -0.4 is 0 Å². The summed E-state index contributed by atoms with van der Waals surface area (Å²) in [6.07, 6.45) is 11.2. The van der Waals surface area contributed by atoms with Crippen LogP contribution in [0.25, 0.3) is 0 Å². The number of amides is 2. The van der Waals surface area contributed by atoms with Gasteiger partial charge in [0.15, 0.2) is 0 Å². The molecule has 6 nitrogen and oxygen atoms in total. The minimum atomic E-state index is -0.217. The lowest BCUT2D eigenvalue weighted by Crippen LogP contribution is -2.56. The van der Waals surface area contributed by atoms with E-state index >= 15 is 0 Å². The van der Waals surface area contributed by atoms with Crippen molar-refractivity contribution in [3.05, 3.63) is 24.0 Å². The van der Waals surface area contributed by atoms with Gasteiger partial charge in [0.2, 0.25) is 11.8 Å². The Morgan fingerprint density at radius 1 is 1.13 bits per heavy atom. The molecule has 31 heavy (non-hydrogen) atoms. The lowest BCUT2D eigenvalue weighted by atomic mass is 9.49. The van der Waals surface area contributed by atoms with E-state index in [0.717, 1.165) is 55.6 Å². The van der Waals surface area contributed by atoms with Gasteiger partial charge in [-0.1, -0.05) is 0 Å². The molecule has 2 amide bonds. The molecule has 6 heteroatoms. The first kappa shape index (κ1) is 21.0. The Morgan fingerprint density at radius 2 is 1.77 bits per heavy atom. The number of hydrogen-bond donors (Lipinski definition) is 0. The van der Waals surface area contributed by atoms with Crippen LogP contribution in [-0.4, -0.2) is 59.0 Å². The summed E-state index contributed by atoms with van der Waals surface area (Å²) in [6, 6.07) is 4.42. The molecule has 0 aliphatic heterocycles. The molecular weight excluding hydrogens is 390 g/mol. The van der Waals surface area contributed by atoms with E-state index in [1.165, 1.54) is 19.3 Å². The maximum absolute atomic E-state index is 13.9. The third-order valence-corrected chi connectivity index (χ3v) is 8.36. The van der Waals surface area contributed by atoms with Gasteiger partial charge in [0.25, 0.3) is 0 Å². The normalized spacial score (nSPS) is 31.1. The number of nitrogens with zero attached hydrogens (tertiary/aromatic N) is 3. The molecular formula is C25H37N3O3. The van der Waals surface area contributed by atoms with Crippen LogP contribution in [-0.2, 0) is 27.9 Å². The maximum Gasteiger partial charge on any atom is 0.242 e. The van der Waals surface area contributed by atoms with E-state index in [1.807, 2.05) is 29.1 Å². The van der Waals surface area contributed by atoms with Gasteiger partial charge in [-0.2, -0.15) is 0 Å². The number of hydrogen-bond acceptors (Lipinski definition) is 3. The van der Waals surface area contributed by atoms with E-state index in [0.29, 0.717) is 25.7 Å². The molecule has 5 aliphatic rings. The Kier molecular flexibility index (Phi) is 5.61. The van der Waals surface area contributed by atoms with Crippen LogP contribution in [0.3, 0.4) is 0 Å². The average molecular weight is 428 g/mol. The van der Waals surface area contributed by atoms with Gasteiger partial charge in [-0.15, -0.1) is 0 Å². The van der Waals surface area contributed by atoms with Gasteiger partial charge in [0.05, 0.1) is 25.1 Å². The minimum absolute atomic E-state index is 0.0814. The van der Waals surface area contributed by atoms with Crippen molar-refractivity contribution >= 4 is 11.8 Å². The second-order valence-corrected chi connectivity index (χ2v) is 10.8. The topological polar surface area (TPSA) is 54.8 Å². The summed E-state index contributed by atoms with van der Waals surface area (Å²) < 4.78 is 7.40. The van der Waals surface area contributed by atoms with Crippen LogP contribution in [0.5, 0.6) is 0 Å². The fourth-order valence-electron chi connectivity index (χ4n) is 7.06. The number of rotatable bonds is 9. The second kappa shape index (κ2) is 8.27. The third kappa shape index (κ3) is 4.15. The quantitative estimate of drug-likeness (QED) is 0.608. The SMILES string of the molecule is COCCN(CC(=O)N(Cc1cccn1C)C1CC1)C(=O)C12CC3CC(CC(C3)C1)C2. The first-order chi connectivity index (χ1) is 15.0. The van der Waals surface area contributed by atoms with Gasteiger partial charge in [-0.05, 0) is 81.3 Å². The van der Waals surface area contributed by atoms with Crippen molar-refractivity contribution in [2.24, 2.45) is 30.2 Å². The molecule has 0 radical (unpaired) electrons. The Labute approximate surface area is 185 Å². The summed E-state index contributed by atoms with van der Waals surface area (Å²) in [5.74, 6) is 2.46. The van der Waals surface area contributed by atoms with Crippen molar-refractivity contribution in [1.82, 2.24) is 14.4 Å². The summed E-state index contributed by atoms with van der Waals surface area (Å²) in [7, 11) is 3.69. The van der Waals surface area contributed by atoms with E-state index in [-0.39, 0.29) is 23.8 Å². The fraction of sp³-hybridized carbons (Fsp3) is 0.760. The summed E-state index contributed by atoms with van der Waals surface area (Å²) in [5, 5.41) is 0. The highest BCUT2D eigenvalue weighted by Gasteiger charge is 2.55. The molecule has 5 aliphatic carbocycles. The molecule has 0 unspecified atom stereocenters. The first-order valence-corrected chi connectivity index (χ1v) is 12.2. The number of ether oxygens (including phenoxy) is 1. The molecule has 1 aromatic heterocycles. The predicted octanol–water partition coefficient (Wildman–Crippen LogP) is 3.21. The second-order valence-electron chi connectivity index (χ2n) is 10.8. The van der Waals surface area contributed by atoms with Crippen LogP contribution in [0.1, 0.15) is 57.1 Å². The number of carbonyl (C=O) groups is 2. The molecule has 0 spiro atoms. The third-order valence-electron chi connectivity index (χ3n) is 8.36. The van der Waals surface area contributed by atoms with E-state index < -0.39 is 0 Å². The number of aryl methyl sites for hydroxylation is 1. The molecule has 170 valence electrons. The highest BCUT2D eigenvalue weighted by molar-refractivity contribution is 5.88. The monoisotopic (exact) mass is 427 g/mol. The van der Waals surface area contributed by atoms with Crippen LogP contribution in [0.15, 0.2) is 18.3 Å². The summed E-state index contributed by atoms with van der Waals surface area (Å²) in [5.41, 5.74) is 0.918. The predicted molar refractivity (Wildman–Crippen MR) is 118 cm³/mol. The molecule has 1 aromatic rings. The molecule has 0 saturated heterocycles. The molecule has 0 aromatic carbocycles. The highest BCUT2D eigenvalue weighted by atomic mass is 16.5. The maximum atomic E-state index is 13.9. The van der Waals surface area contributed by atoms with Crippen LogP contribution in [0.4, 0.5) is 0 Å². The van der Waals surface area contributed by atoms with Crippen molar-refractivity contribution < 1.29 is 14.3 Å². The Morgan fingerprint density at radius 3 is 2.29 bits per heavy atom. The van der Waals surface area contributed by atoms with Crippen LogP contribution >= 0.6 is 0 Å². The van der Waals surface area contributed by atoms with Crippen LogP contribution in [0, 0.1) is 23.2 Å². The van der Waals surface area contributed by atoms with Gasteiger partial charge in [0, 0.05) is 38.6 Å². The lowest BCUT2D eigenvalue weighted by Gasteiger charge is -2.56. The standard InChI is InChI=1S/C25H37N3O3/c1-26-7-3-4-22(26)16-28(21-5-6-21)23(29)17-27(8-9-31-2)24(30)25-13-18-10-19(14-25)12-20(11-18)15-25/h3-4,7,18-21H,5-6,8-17H2,1-2H3. The number of carbonyl (C=O) groups excluding carboxylic acids is 2. The summed E-state index contributed by atoms with van der Waals surface area (Å²) in [6.45, 7) is 1.79. The van der Waals surface area contributed by atoms with E-state index in [2.05, 4.69) is 10.6 Å². The van der Waals surface area contributed by atoms with Crippen molar-refractivity contribution in [2.45, 2.75) is 64.0 Å². The Hall–Kier alpha value is -1.82. The lowest BCUT2D eigenvalue weighted by molar-refractivity contribution is -0.161. The number of methoxy groups -OCH3 is 1.